The van der Waals surface area contributed by atoms with Crippen molar-refractivity contribution in [2.45, 2.75) is 12.1 Å². The van der Waals surface area contributed by atoms with E-state index in [1.165, 1.54) is 26.4 Å². The Balaban J connectivity index is 1.50. The van der Waals surface area contributed by atoms with E-state index in [9.17, 15) is 24.5 Å². The van der Waals surface area contributed by atoms with Crippen LogP contribution < -0.4 is 14.4 Å². The number of carbonyl (C=O) groups excluding carboxylic acids is 3. The summed E-state index contributed by atoms with van der Waals surface area (Å²) in [6.45, 7) is 0. The first-order valence-electron chi connectivity index (χ1n) is 12.2. The number of nitro groups is 1. The van der Waals surface area contributed by atoms with E-state index in [-0.39, 0.29) is 22.9 Å². The summed E-state index contributed by atoms with van der Waals surface area (Å²) >= 11 is 0. The number of amides is 2. The minimum Gasteiger partial charge on any atom is -0.497 e. The van der Waals surface area contributed by atoms with E-state index in [1.807, 2.05) is 24.3 Å². The number of anilines is 1. The molecule has 6 rings (SSSR count). The number of Topliss-reactive ketones (excluding diaryl/α,β-unsaturated/α-hetero) is 1. The van der Waals surface area contributed by atoms with Crippen molar-refractivity contribution in [3.05, 3.63) is 93.5 Å². The Morgan fingerprint density at radius 2 is 1.67 bits per heavy atom. The molecule has 0 radical (unpaired) electrons. The van der Waals surface area contributed by atoms with Crippen LogP contribution in [0.25, 0.3) is 0 Å². The molecule has 11 nitrogen and oxygen atoms in total. The zero-order chi connectivity index (χ0) is 27.4. The minimum absolute atomic E-state index is 0.0362. The summed E-state index contributed by atoms with van der Waals surface area (Å²) in [5.74, 6) is -2.93. The van der Waals surface area contributed by atoms with Crippen LogP contribution >= 0.6 is 0 Å². The third-order valence-electron chi connectivity index (χ3n) is 7.55. The van der Waals surface area contributed by atoms with Crippen LogP contribution in [0, 0.1) is 22.0 Å². The molecular weight excluding hydrogens is 504 g/mol. The minimum atomic E-state index is -1.08. The zero-order valence-electron chi connectivity index (χ0n) is 20.9. The van der Waals surface area contributed by atoms with Gasteiger partial charge in [0.25, 0.3) is 5.69 Å². The van der Waals surface area contributed by atoms with Crippen LogP contribution in [0.1, 0.15) is 27.5 Å². The molecule has 3 aliphatic heterocycles. The predicted molar refractivity (Wildman–Crippen MR) is 139 cm³/mol. The Kier molecular flexibility index (Phi) is 5.63. The highest BCUT2D eigenvalue weighted by Crippen LogP contribution is 2.54. The number of nitro benzene ring substituents is 1. The Morgan fingerprint density at radius 3 is 2.36 bits per heavy atom. The molecule has 0 unspecified atom stereocenters. The number of imide groups is 1. The summed E-state index contributed by atoms with van der Waals surface area (Å²) in [5.41, 5.74) is 1.54. The molecule has 0 aliphatic carbocycles. The van der Waals surface area contributed by atoms with Gasteiger partial charge in [-0.2, -0.15) is 5.10 Å². The number of ketones is 1. The molecule has 3 aliphatic rings. The van der Waals surface area contributed by atoms with Crippen molar-refractivity contribution < 1.29 is 28.8 Å². The second kappa shape index (κ2) is 9.05. The van der Waals surface area contributed by atoms with Gasteiger partial charge >= 0.3 is 0 Å². The molecule has 196 valence electrons. The molecule has 2 saturated heterocycles. The summed E-state index contributed by atoms with van der Waals surface area (Å²) < 4.78 is 10.6. The van der Waals surface area contributed by atoms with Crippen molar-refractivity contribution in [1.29, 1.82) is 0 Å². The molecule has 2 fully saturated rings. The average Bonchev–Trinajstić information content (AvgIpc) is 3.44. The van der Waals surface area contributed by atoms with Gasteiger partial charge in [0.15, 0.2) is 5.78 Å². The molecule has 0 aromatic heterocycles. The summed E-state index contributed by atoms with van der Waals surface area (Å²) in [6, 6.07) is 15.8. The molecule has 0 saturated carbocycles. The lowest BCUT2D eigenvalue weighted by molar-refractivity contribution is -0.384. The van der Waals surface area contributed by atoms with Crippen LogP contribution in [-0.4, -0.2) is 54.0 Å². The number of ether oxygens (including phenoxy) is 2. The maximum Gasteiger partial charge on any atom is 0.271 e. The van der Waals surface area contributed by atoms with Crippen molar-refractivity contribution in [2.75, 3.05) is 19.1 Å². The Morgan fingerprint density at radius 1 is 0.949 bits per heavy atom. The van der Waals surface area contributed by atoms with Gasteiger partial charge in [-0.05, 0) is 41.5 Å². The SMILES string of the molecule is COc1ccc(C(=O)[C@@H]2[C@@H]3C(=O)N(c4cc([N+](=O)[O-])ccc4OC)C(=O)[C@@H]3[C@H]3c4ccccc4C=NN23)cc1. The van der Waals surface area contributed by atoms with Crippen LogP contribution in [0.15, 0.2) is 71.8 Å². The number of carbonyl (C=O) groups is 3. The number of hydrogen-bond acceptors (Lipinski definition) is 9. The van der Waals surface area contributed by atoms with Gasteiger partial charge in [-0.3, -0.25) is 29.5 Å². The smallest absolute Gasteiger partial charge is 0.271 e. The first-order valence-corrected chi connectivity index (χ1v) is 12.2. The number of hydrazone groups is 1. The number of fused-ring (bicyclic) bond motifs is 5. The average molecular weight is 527 g/mol. The van der Waals surface area contributed by atoms with E-state index < -0.39 is 40.7 Å². The predicted octanol–water partition coefficient (Wildman–Crippen LogP) is 3.37. The Hall–Kier alpha value is -5.06. The second-order valence-corrected chi connectivity index (χ2v) is 9.41. The van der Waals surface area contributed by atoms with Crippen LogP contribution in [0.2, 0.25) is 0 Å². The van der Waals surface area contributed by atoms with Gasteiger partial charge in [-0.25, -0.2) is 4.90 Å². The van der Waals surface area contributed by atoms with E-state index >= 15 is 0 Å². The largest absolute Gasteiger partial charge is 0.497 e. The van der Waals surface area contributed by atoms with E-state index in [0.717, 1.165) is 22.1 Å². The van der Waals surface area contributed by atoms with Gasteiger partial charge in [0.1, 0.15) is 23.2 Å². The maximum atomic E-state index is 14.1. The van der Waals surface area contributed by atoms with Gasteiger partial charge < -0.3 is 9.47 Å². The molecule has 3 aromatic carbocycles. The fourth-order valence-corrected chi connectivity index (χ4v) is 5.80. The van der Waals surface area contributed by atoms with Gasteiger partial charge in [0.05, 0.1) is 43.2 Å². The third kappa shape index (κ3) is 3.57. The van der Waals surface area contributed by atoms with E-state index in [2.05, 4.69) is 5.10 Å². The molecule has 0 bridgehead atoms. The molecule has 39 heavy (non-hydrogen) atoms. The number of non-ortho nitro benzene ring substituents is 1. The quantitative estimate of drug-likeness (QED) is 0.207. The monoisotopic (exact) mass is 526 g/mol. The van der Waals surface area contributed by atoms with Crippen molar-refractivity contribution >= 4 is 35.2 Å². The summed E-state index contributed by atoms with van der Waals surface area (Å²) in [4.78, 5) is 53.9. The zero-order valence-corrected chi connectivity index (χ0v) is 20.9. The highest BCUT2D eigenvalue weighted by molar-refractivity contribution is 6.25. The summed E-state index contributed by atoms with van der Waals surface area (Å²) in [6.07, 6.45) is 1.62. The fraction of sp³-hybridized carbons (Fsp3) is 0.214. The number of benzene rings is 3. The van der Waals surface area contributed by atoms with Crippen molar-refractivity contribution in [2.24, 2.45) is 16.9 Å². The molecule has 11 heteroatoms. The lowest BCUT2D eigenvalue weighted by atomic mass is 9.83. The summed E-state index contributed by atoms with van der Waals surface area (Å²) in [5, 5.41) is 17.6. The van der Waals surface area contributed by atoms with E-state index in [0.29, 0.717) is 11.3 Å². The molecule has 3 heterocycles. The topological polar surface area (TPSA) is 132 Å². The van der Waals surface area contributed by atoms with Crippen molar-refractivity contribution in [1.82, 2.24) is 5.01 Å². The van der Waals surface area contributed by atoms with Gasteiger partial charge in [-0.1, -0.05) is 24.3 Å². The van der Waals surface area contributed by atoms with Gasteiger partial charge in [0, 0.05) is 17.7 Å². The van der Waals surface area contributed by atoms with E-state index in [4.69, 9.17) is 9.47 Å². The van der Waals surface area contributed by atoms with Crippen molar-refractivity contribution in [3.8, 4) is 11.5 Å². The summed E-state index contributed by atoms with van der Waals surface area (Å²) in [7, 11) is 2.86. The van der Waals surface area contributed by atoms with E-state index in [1.54, 1.807) is 35.5 Å². The van der Waals surface area contributed by atoms with Crippen LogP contribution in [-0.2, 0) is 9.59 Å². The molecule has 4 atom stereocenters. The first kappa shape index (κ1) is 24.3. The normalized spacial score (nSPS) is 22.8. The first-order chi connectivity index (χ1) is 18.8. The molecule has 2 amide bonds. The standard InChI is InChI=1S/C28H22N4O7/c1-38-18-10-7-15(8-11-18)26(33)25-23-22(24-19-6-4-3-5-16(19)14-29-31(24)25)27(34)30(28(23)35)20-13-17(32(36)37)9-12-21(20)39-2/h3-14,22-25H,1-2H3/t22-,23+,24+,25-/m0/s1. The van der Waals surface area contributed by atoms with Crippen LogP contribution in [0.4, 0.5) is 11.4 Å². The Labute approximate surface area is 222 Å². The molecule has 3 aromatic rings. The third-order valence-corrected chi connectivity index (χ3v) is 7.55. The van der Waals surface area contributed by atoms with Crippen molar-refractivity contribution in [3.63, 3.8) is 0 Å². The highest BCUT2D eigenvalue weighted by Gasteiger charge is 2.65. The molecule has 0 spiro atoms. The van der Waals surface area contributed by atoms with Crippen LogP contribution in [0.3, 0.4) is 0 Å². The van der Waals surface area contributed by atoms with Crippen LogP contribution in [0.5, 0.6) is 11.5 Å². The van der Waals surface area contributed by atoms with Gasteiger partial charge in [0.2, 0.25) is 11.8 Å². The number of hydrogen-bond donors (Lipinski definition) is 0. The lowest BCUT2D eigenvalue weighted by Crippen LogP contribution is -2.44. The number of rotatable bonds is 6. The Bertz CT molecular complexity index is 1570. The number of nitrogens with zero attached hydrogens (tertiary/aromatic N) is 4. The molecular formula is C28H22N4O7. The molecule has 0 N–H and O–H groups in total. The fourth-order valence-electron chi connectivity index (χ4n) is 5.80. The lowest BCUT2D eigenvalue weighted by Gasteiger charge is -2.33. The van der Waals surface area contributed by atoms with Gasteiger partial charge in [-0.15, -0.1) is 0 Å². The maximum absolute atomic E-state index is 14.1. The second-order valence-electron chi connectivity index (χ2n) is 9.41. The number of methoxy groups -OCH3 is 2. The highest BCUT2D eigenvalue weighted by atomic mass is 16.6.